The van der Waals surface area contributed by atoms with Gasteiger partial charge in [-0.2, -0.15) is 0 Å². The largest absolute Gasteiger partial charge is 0.489 e. The van der Waals surface area contributed by atoms with Crippen LogP contribution in [0, 0.1) is 6.92 Å². The molecule has 1 atom stereocenters. The van der Waals surface area contributed by atoms with Crippen molar-refractivity contribution in [1.82, 2.24) is 16.0 Å². The smallest absolute Gasteiger partial charge is 0.251 e. The monoisotopic (exact) mass is 368 g/mol. The van der Waals surface area contributed by atoms with Crippen molar-refractivity contribution in [3.63, 3.8) is 0 Å². The van der Waals surface area contributed by atoms with E-state index in [9.17, 15) is 4.79 Å². The fourth-order valence-electron chi connectivity index (χ4n) is 2.47. The normalized spacial score (nSPS) is 12.2. The van der Waals surface area contributed by atoms with Crippen molar-refractivity contribution in [3.8, 4) is 5.75 Å². The molecule has 0 saturated carbocycles. The van der Waals surface area contributed by atoms with E-state index in [1.807, 2.05) is 56.3 Å². The lowest BCUT2D eigenvalue weighted by Crippen LogP contribution is -2.44. The second-order valence-electron chi connectivity index (χ2n) is 6.25. The first kappa shape index (κ1) is 20.3. The van der Waals surface area contributed by atoms with E-state index < -0.39 is 0 Å². The predicted molar refractivity (Wildman–Crippen MR) is 109 cm³/mol. The summed E-state index contributed by atoms with van der Waals surface area (Å²) in [7, 11) is 1.71. The maximum Gasteiger partial charge on any atom is 0.251 e. The standard InChI is InChI=1S/C21H28N4O2/c1-16-8-7-11-19(14-16)27-17(2)15-25-21(22-3)24-13-12-23-20(26)18-9-5-4-6-10-18/h4-11,14,17H,12-13,15H2,1-3H3,(H,23,26)(H2,22,24,25). The molecule has 0 aliphatic rings. The number of carbonyl (C=O) groups excluding carboxylic acids is 1. The summed E-state index contributed by atoms with van der Waals surface area (Å²) in [4.78, 5) is 16.2. The number of nitrogens with one attached hydrogen (secondary N) is 3. The van der Waals surface area contributed by atoms with Crippen molar-refractivity contribution in [2.45, 2.75) is 20.0 Å². The Hall–Kier alpha value is -3.02. The molecule has 2 aromatic carbocycles. The molecule has 0 spiro atoms. The van der Waals surface area contributed by atoms with Gasteiger partial charge in [-0.1, -0.05) is 30.3 Å². The minimum absolute atomic E-state index is 0.0110. The maximum absolute atomic E-state index is 12.0. The summed E-state index contributed by atoms with van der Waals surface area (Å²) in [6.45, 7) is 5.74. The number of amides is 1. The van der Waals surface area contributed by atoms with Crippen molar-refractivity contribution in [3.05, 3.63) is 65.7 Å². The van der Waals surface area contributed by atoms with Crippen LogP contribution in [-0.4, -0.2) is 44.7 Å². The lowest BCUT2D eigenvalue weighted by molar-refractivity contribution is 0.0954. The summed E-state index contributed by atoms with van der Waals surface area (Å²) in [5, 5.41) is 9.27. The highest BCUT2D eigenvalue weighted by Crippen LogP contribution is 2.13. The fourth-order valence-corrected chi connectivity index (χ4v) is 2.47. The van der Waals surface area contributed by atoms with E-state index in [1.165, 1.54) is 5.56 Å². The first-order valence-corrected chi connectivity index (χ1v) is 9.09. The van der Waals surface area contributed by atoms with E-state index in [-0.39, 0.29) is 12.0 Å². The molecule has 1 unspecified atom stereocenters. The van der Waals surface area contributed by atoms with Gasteiger partial charge in [-0.05, 0) is 43.7 Å². The van der Waals surface area contributed by atoms with Crippen LogP contribution in [0.4, 0.5) is 0 Å². The van der Waals surface area contributed by atoms with Crippen LogP contribution in [0.1, 0.15) is 22.8 Å². The van der Waals surface area contributed by atoms with Gasteiger partial charge in [0, 0.05) is 25.7 Å². The molecule has 0 heterocycles. The predicted octanol–water partition coefficient (Wildman–Crippen LogP) is 2.36. The van der Waals surface area contributed by atoms with Gasteiger partial charge in [0.1, 0.15) is 11.9 Å². The molecule has 0 radical (unpaired) electrons. The summed E-state index contributed by atoms with van der Waals surface area (Å²) in [6, 6.07) is 17.1. The zero-order valence-electron chi connectivity index (χ0n) is 16.2. The zero-order chi connectivity index (χ0) is 19.5. The van der Waals surface area contributed by atoms with Gasteiger partial charge in [0.2, 0.25) is 0 Å². The lowest BCUT2D eigenvalue weighted by Gasteiger charge is -2.18. The molecule has 27 heavy (non-hydrogen) atoms. The highest BCUT2D eigenvalue weighted by molar-refractivity contribution is 5.94. The van der Waals surface area contributed by atoms with Crippen LogP contribution in [0.5, 0.6) is 5.75 Å². The quantitative estimate of drug-likeness (QED) is 0.380. The molecule has 2 aromatic rings. The lowest BCUT2D eigenvalue weighted by atomic mass is 10.2. The Morgan fingerprint density at radius 3 is 2.48 bits per heavy atom. The van der Waals surface area contributed by atoms with Crippen molar-refractivity contribution in [1.29, 1.82) is 0 Å². The van der Waals surface area contributed by atoms with Gasteiger partial charge in [0.05, 0.1) is 6.54 Å². The second kappa shape index (κ2) is 10.9. The Labute approximate surface area is 161 Å². The summed E-state index contributed by atoms with van der Waals surface area (Å²) >= 11 is 0. The van der Waals surface area contributed by atoms with Crippen molar-refractivity contribution in [2.24, 2.45) is 4.99 Å². The van der Waals surface area contributed by atoms with E-state index in [0.717, 1.165) is 5.75 Å². The molecule has 0 aromatic heterocycles. The number of guanidine groups is 1. The Morgan fingerprint density at radius 2 is 1.78 bits per heavy atom. The van der Waals surface area contributed by atoms with Gasteiger partial charge in [0.15, 0.2) is 5.96 Å². The molecule has 0 bridgehead atoms. The third kappa shape index (κ3) is 7.40. The van der Waals surface area contributed by atoms with Crippen LogP contribution in [0.3, 0.4) is 0 Å². The van der Waals surface area contributed by atoms with Crippen molar-refractivity contribution < 1.29 is 9.53 Å². The van der Waals surface area contributed by atoms with Crippen LogP contribution < -0.4 is 20.7 Å². The Morgan fingerprint density at radius 1 is 1.04 bits per heavy atom. The molecule has 1 amide bonds. The highest BCUT2D eigenvalue weighted by Gasteiger charge is 2.07. The van der Waals surface area contributed by atoms with E-state index in [1.54, 1.807) is 19.2 Å². The molecule has 0 saturated heterocycles. The molecule has 144 valence electrons. The average molecular weight is 368 g/mol. The zero-order valence-corrected chi connectivity index (χ0v) is 16.2. The van der Waals surface area contributed by atoms with E-state index in [0.29, 0.717) is 31.2 Å². The SMILES string of the molecule is CN=C(NCCNC(=O)c1ccccc1)NCC(C)Oc1cccc(C)c1. The molecule has 0 fully saturated rings. The molecule has 0 aliphatic heterocycles. The number of nitrogens with zero attached hydrogens (tertiary/aromatic N) is 1. The van der Waals surface area contributed by atoms with Crippen LogP contribution in [-0.2, 0) is 0 Å². The van der Waals surface area contributed by atoms with Crippen molar-refractivity contribution in [2.75, 3.05) is 26.7 Å². The number of ether oxygens (including phenoxy) is 1. The number of carbonyl (C=O) groups is 1. The maximum atomic E-state index is 12.0. The summed E-state index contributed by atoms with van der Waals surface area (Å²) in [5.41, 5.74) is 1.82. The second-order valence-corrected chi connectivity index (χ2v) is 6.25. The Bertz CT molecular complexity index is 747. The van der Waals surface area contributed by atoms with Gasteiger partial charge in [-0.3, -0.25) is 9.79 Å². The molecular formula is C21H28N4O2. The van der Waals surface area contributed by atoms with Gasteiger partial charge < -0.3 is 20.7 Å². The molecule has 2 rings (SSSR count). The topological polar surface area (TPSA) is 74.8 Å². The van der Waals surface area contributed by atoms with Crippen LogP contribution in [0.25, 0.3) is 0 Å². The number of aryl methyl sites for hydroxylation is 1. The Kier molecular flexibility index (Phi) is 8.16. The first-order chi connectivity index (χ1) is 13.1. The van der Waals surface area contributed by atoms with Gasteiger partial charge >= 0.3 is 0 Å². The van der Waals surface area contributed by atoms with E-state index >= 15 is 0 Å². The number of rotatable bonds is 8. The first-order valence-electron chi connectivity index (χ1n) is 9.09. The average Bonchev–Trinajstić information content (AvgIpc) is 2.68. The molecule has 3 N–H and O–H groups in total. The fraction of sp³-hybridized carbons (Fsp3) is 0.333. The number of benzene rings is 2. The van der Waals surface area contributed by atoms with Crippen LogP contribution >= 0.6 is 0 Å². The van der Waals surface area contributed by atoms with Gasteiger partial charge in [-0.15, -0.1) is 0 Å². The molecule has 6 heteroatoms. The minimum Gasteiger partial charge on any atom is -0.489 e. The number of hydrogen-bond acceptors (Lipinski definition) is 3. The molecule has 0 aliphatic carbocycles. The summed E-state index contributed by atoms with van der Waals surface area (Å²) in [6.07, 6.45) is -0.0110. The third-order valence-electron chi connectivity index (χ3n) is 3.85. The molecular weight excluding hydrogens is 340 g/mol. The van der Waals surface area contributed by atoms with Crippen molar-refractivity contribution >= 4 is 11.9 Å². The third-order valence-corrected chi connectivity index (χ3v) is 3.85. The minimum atomic E-state index is -0.0828. The highest BCUT2D eigenvalue weighted by atomic mass is 16.5. The molecule has 6 nitrogen and oxygen atoms in total. The Balaban J connectivity index is 1.66. The van der Waals surface area contributed by atoms with E-state index in [2.05, 4.69) is 20.9 Å². The van der Waals surface area contributed by atoms with Crippen LogP contribution in [0.2, 0.25) is 0 Å². The number of hydrogen-bond donors (Lipinski definition) is 3. The number of aliphatic imine (C=N–C) groups is 1. The van der Waals surface area contributed by atoms with Crippen LogP contribution in [0.15, 0.2) is 59.6 Å². The van der Waals surface area contributed by atoms with Gasteiger partial charge in [-0.25, -0.2) is 0 Å². The summed E-state index contributed by atoms with van der Waals surface area (Å²) in [5.74, 6) is 1.44. The van der Waals surface area contributed by atoms with E-state index in [4.69, 9.17) is 4.74 Å². The van der Waals surface area contributed by atoms with Gasteiger partial charge in [0.25, 0.3) is 5.91 Å². The summed E-state index contributed by atoms with van der Waals surface area (Å²) < 4.78 is 5.89.